The third-order valence-corrected chi connectivity index (χ3v) is 2.77. The van der Waals surface area contributed by atoms with Gasteiger partial charge in [-0.05, 0) is 31.5 Å². The molecule has 0 saturated carbocycles. The predicted octanol–water partition coefficient (Wildman–Crippen LogP) is 1.88. The molecular weight excluding hydrogens is 292 g/mol. The molecule has 5 nitrogen and oxygen atoms in total. The van der Waals surface area contributed by atoms with E-state index in [4.69, 9.17) is 10.5 Å². The molecule has 21 heavy (non-hydrogen) atoms. The SMILES string of the molecule is CC(C)OC(=O)C(C)CNC(=O)c1ccc(CN)cc1.Cl. The second-order valence-electron chi connectivity index (χ2n) is 5.00. The molecule has 1 atom stereocenters. The monoisotopic (exact) mass is 314 g/mol. The molecule has 0 saturated heterocycles. The molecule has 1 rings (SSSR count). The highest BCUT2D eigenvalue weighted by Crippen LogP contribution is 2.05. The van der Waals surface area contributed by atoms with Crippen molar-refractivity contribution in [3.63, 3.8) is 0 Å². The predicted molar refractivity (Wildman–Crippen MR) is 84.3 cm³/mol. The van der Waals surface area contributed by atoms with Gasteiger partial charge in [-0.15, -0.1) is 12.4 Å². The molecule has 0 heterocycles. The van der Waals surface area contributed by atoms with Crippen LogP contribution in [0.3, 0.4) is 0 Å². The van der Waals surface area contributed by atoms with E-state index in [1.54, 1.807) is 32.9 Å². The number of rotatable bonds is 6. The molecule has 1 aromatic rings. The van der Waals surface area contributed by atoms with Crippen molar-refractivity contribution in [1.82, 2.24) is 5.32 Å². The summed E-state index contributed by atoms with van der Waals surface area (Å²) in [4.78, 5) is 23.5. The van der Waals surface area contributed by atoms with E-state index in [9.17, 15) is 9.59 Å². The van der Waals surface area contributed by atoms with E-state index in [2.05, 4.69) is 5.32 Å². The second-order valence-corrected chi connectivity index (χ2v) is 5.00. The molecule has 1 amide bonds. The number of nitrogens with one attached hydrogen (secondary N) is 1. The third kappa shape index (κ3) is 6.60. The molecule has 1 unspecified atom stereocenters. The molecule has 1 aromatic carbocycles. The van der Waals surface area contributed by atoms with Crippen molar-refractivity contribution in [2.75, 3.05) is 6.54 Å². The molecule has 0 fully saturated rings. The summed E-state index contributed by atoms with van der Waals surface area (Å²) < 4.78 is 5.08. The summed E-state index contributed by atoms with van der Waals surface area (Å²) in [7, 11) is 0. The van der Waals surface area contributed by atoms with E-state index in [1.807, 2.05) is 12.1 Å². The van der Waals surface area contributed by atoms with Crippen molar-refractivity contribution in [2.45, 2.75) is 33.4 Å². The quantitative estimate of drug-likeness (QED) is 0.786. The lowest BCUT2D eigenvalue weighted by Crippen LogP contribution is -2.33. The fourth-order valence-corrected chi connectivity index (χ4v) is 1.57. The highest BCUT2D eigenvalue weighted by molar-refractivity contribution is 5.94. The van der Waals surface area contributed by atoms with Gasteiger partial charge in [-0.3, -0.25) is 9.59 Å². The van der Waals surface area contributed by atoms with Gasteiger partial charge >= 0.3 is 5.97 Å². The van der Waals surface area contributed by atoms with Crippen LogP contribution in [0.25, 0.3) is 0 Å². The first-order chi connectivity index (χ1) is 9.43. The molecule has 3 N–H and O–H groups in total. The average Bonchev–Trinajstić information content (AvgIpc) is 2.43. The minimum Gasteiger partial charge on any atom is -0.463 e. The number of esters is 1. The van der Waals surface area contributed by atoms with E-state index in [1.165, 1.54) is 0 Å². The van der Waals surface area contributed by atoms with E-state index in [0.29, 0.717) is 12.1 Å². The topological polar surface area (TPSA) is 81.4 Å². The second kappa shape index (κ2) is 9.37. The minimum atomic E-state index is -0.371. The minimum absolute atomic E-state index is 0. The van der Waals surface area contributed by atoms with Crippen LogP contribution in [0.5, 0.6) is 0 Å². The van der Waals surface area contributed by atoms with Crippen LogP contribution in [0.1, 0.15) is 36.7 Å². The largest absolute Gasteiger partial charge is 0.463 e. The Hall–Kier alpha value is -1.59. The Balaban J connectivity index is 0.00000400. The number of carbonyl (C=O) groups is 2. The van der Waals surface area contributed by atoms with Gasteiger partial charge in [0, 0.05) is 18.7 Å². The van der Waals surface area contributed by atoms with Gasteiger partial charge in [-0.2, -0.15) is 0 Å². The van der Waals surface area contributed by atoms with E-state index in [-0.39, 0.29) is 42.9 Å². The van der Waals surface area contributed by atoms with Gasteiger partial charge < -0.3 is 15.8 Å². The van der Waals surface area contributed by atoms with Crippen LogP contribution in [0, 0.1) is 5.92 Å². The highest BCUT2D eigenvalue weighted by atomic mass is 35.5. The molecule has 0 aromatic heterocycles. The number of ether oxygens (including phenoxy) is 1. The van der Waals surface area contributed by atoms with E-state index >= 15 is 0 Å². The lowest BCUT2D eigenvalue weighted by molar-refractivity contribution is -0.151. The molecule has 0 radical (unpaired) electrons. The van der Waals surface area contributed by atoms with Gasteiger partial charge in [-0.25, -0.2) is 0 Å². The number of hydrogen-bond donors (Lipinski definition) is 2. The van der Waals surface area contributed by atoms with E-state index < -0.39 is 0 Å². The maximum Gasteiger partial charge on any atom is 0.310 e. The van der Waals surface area contributed by atoms with Crippen molar-refractivity contribution >= 4 is 24.3 Å². The molecule has 0 bridgehead atoms. The smallest absolute Gasteiger partial charge is 0.310 e. The summed E-state index contributed by atoms with van der Waals surface area (Å²) in [5.41, 5.74) is 7.01. The Labute approximate surface area is 131 Å². The first kappa shape index (κ1) is 19.4. The third-order valence-electron chi connectivity index (χ3n) is 2.77. The molecule has 0 aliphatic rings. The Bertz CT molecular complexity index is 460. The fraction of sp³-hybridized carbons (Fsp3) is 0.467. The number of halogens is 1. The van der Waals surface area contributed by atoms with Gasteiger partial charge in [0.1, 0.15) is 0 Å². The van der Waals surface area contributed by atoms with E-state index in [0.717, 1.165) is 5.56 Å². The number of hydrogen-bond acceptors (Lipinski definition) is 4. The molecule has 0 aliphatic carbocycles. The van der Waals surface area contributed by atoms with Crippen molar-refractivity contribution in [3.8, 4) is 0 Å². The Morgan fingerprint density at radius 2 is 1.76 bits per heavy atom. The average molecular weight is 315 g/mol. The fourth-order valence-electron chi connectivity index (χ4n) is 1.57. The molecule has 118 valence electrons. The summed E-state index contributed by atoms with van der Waals surface area (Å²) in [6.07, 6.45) is -0.149. The number of benzene rings is 1. The Morgan fingerprint density at radius 1 is 1.19 bits per heavy atom. The Kier molecular flexibility index (Phi) is 8.66. The summed E-state index contributed by atoms with van der Waals surface area (Å²) in [5.74, 6) is -0.888. The number of carbonyl (C=O) groups excluding carboxylic acids is 2. The highest BCUT2D eigenvalue weighted by Gasteiger charge is 2.17. The maximum absolute atomic E-state index is 11.9. The maximum atomic E-state index is 11.9. The number of nitrogens with two attached hydrogens (primary N) is 1. The summed E-state index contributed by atoms with van der Waals surface area (Å²) in [6.45, 7) is 6.01. The van der Waals surface area contributed by atoms with Crippen LogP contribution in [-0.4, -0.2) is 24.5 Å². The van der Waals surface area contributed by atoms with Gasteiger partial charge in [-0.1, -0.05) is 19.1 Å². The van der Waals surface area contributed by atoms with Crippen molar-refractivity contribution in [2.24, 2.45) is 11.7 Å². The van der Waals surface area contributed by atoms with Crippen LogP contribution in [0.4, 0.5) is 0 Å². The van der Waals surface area contributed by atoms with Crippen LogP contribution in [0.2, 0.25) is 0 Å². The van der Waals surface area contributed by atoms with Gasteiger partial charge in [0.05, 0.1) is 12.0 Å². The van der Waals surface area contributed by atoms with Crippen molar-refractivity contribution < 1.29 is 14.3 Å². The zero-order valence-corrected chi connectivity index (χ0v) is 13.4. The first-order valence-corrected chi connectivity index (χ1v) is 6.71. The number of amides is 1. The van der Waals surface area contributed by atoms with Crippen LogP contribution < -0.4 is 11.1 Å². The lowest BCUT2D eigenvalue weighted by Gasteiger charge is -2.14. The van der Waals surface area contributed by atoms with Gasteiger partial charge in [0.2, 0.25) is 0 Å². The molecule has 0 spiro atoms. The summed E-state index contributed by atoms with van der Waals surface area (Å²) in [6, 6.07) is 7.06. The van der Waals surface area contributed by atoms with Gasteiger partial charge in [0.15, 0.2) is 0 Å². The zero-order valence-electron chi connectivity index (χ0n) is 12.6. The zero-order chi connectivity index (χ0) is 15.1. The normalized spacial score (nSPS) is 11.5. The van der Waals surface area contributed by atoms with Crippen LogP contribution in [-0.2, 0) is 16.1 Å². The van der Waals surface area contributed by atoms with Crippen LogP contribution >= 0.6 is 12.4 Å². The standard InChI is InChI=1S/C15H22N2O3.ClH/c1-10(2)20-15(19)11(3)9-17-14(18)13-6-4-12(8-16)5-7-13;/h4-7,10-11H,8-9,16H2,1-3H3,(H,17,18);1H. The summed E-state index contributed by atoms with van der Waals surface area (Å²) in [5, 5.41) is 2.72. The first-order valence-electron chi connectivity index (χ1n) is 6.71. The van der Waals surface area contributed by atoms with Crippen LogP contribution in [0.15, 0.2) is 24.3 Å². The summed E-state index contributed by atoms with van der Waals surface area (Å²) >= 11 is 0. The Morgan fingerprint density at radius 3 is 2.24 bits per heavy atom. The molecule has 6 heteroatoms. The molecular formula is C15H23ClN2O3. The van der Waals surface area contributed by atoms with Crippen molar-refractivity contribution in [1.29, 1.82) is 0 Å². The van der Waals surface area contributed by atoms with Crippen molar-refractivity contribution in [3.05, 3.63) is 35.4 Å². The molecule has 0 aliphatic heterocycles. The van der Waals surface area contributed by atoms with Gasteiger partial charge in [0.25, 0.3) is 5.91 Å². The lowest BCUT2D eigenvalue weighted by atomic mass is 10.1.